The number of rotatable bonds is 2. The van der Waals surface area contributed by atoms with Gasteiger partial charge in [-0.1, -0.05) is 6.92 Å². The topological polar surface area (TPSA) is 54.3 Å². The van der Waals surface area contributed by atoms with Crippen LogP contribution < -0.4 is 10.6 Å². The van der Waals surface area contributed by atoms with Crippen molar-refractivity contribution in [3.8, 4) is 11.3 Å². The van der Waals surface area contributed by atoms with Crippen LogP contribution in [0.2, 0.25) is 0 Å². The van der Waals surface area contributed by atoms with E-state index < -0.39 is 0 Å². The molecule has 26 heavy (non-hydrogen) atoms. The Morgan fingerprint density at radius 1 is 1.27 bits per heavy atom. The van der Waals surface area contributed by atoms with Crippen molar-refractivity contribution in [1.29, 1.82) is 0 Å². The zero-order valence-corrected chi connectivity index (χ0v) is 14.9. The van der Waals surface area contributed by atoms with E-state index >= 15 is 0 Å². The van der Waals surface area contributed by atoms with Gasteiger partial charge in [0.1, 0.15) is 17.2 Å². The second-order valence-corrected chi connectivity index (χ2v) is 6.80. The van der Waals surface area contributed by atoms with Gasteiger partial charge in [0.2, 0.25) is 0 Å². The predicted octanol–water partition coefficient (Wildman–Crippen LogP) is 4.91. The summed E-state index contributed by atoms with van der Waals surface area (Å²) in [7, 11) is 1.60. The van der Waals surface area contributed by atoms with Crippen LogP contribution in [-0.4, -0.2) is 19.5 Å². The van der Waals surface area contributed by atoms with Gasteiger partial charge in [-0.15, -0.1) is 0 Å². The Hall–Kier alpha value is -2.82. The third kappa shape index (κ3) is 2.73. The van der Waals surface area contributed by atoms with Crippen LogP contribution in [0.15, 0.2) is 40.8 Å². The molecule has 1 aliphatic rings. The number of benzene rings is 2. The highest BCUT2D eigenvalue weighted by Gasteiger charge is 2.24. The number of anilines is 1. The zero-order valence-electron chi connectivity index (χ0n) is 14.9. The number of amides is 1. The molecule has 0 spiro atoms. The summed E-state index contributed by atoms with van der Waals surface area (Å²) in [6, 6.07) is 10.0. The molecule has 4 nitrogen and oxygen atoms in total. The average molecular weight is 352 g/mol. The molecule has 0 saturated carbocycles. The smallest absolute Gasteiger partial charge is 0.255 e. The van der Waals surface area contributed by atoms with Crippen molar-refractivity contribution in [2.75, 3.05) is 18.9 Å². The van der Waals surface area contributed by atoms with Crippen molar-refractivity contribution < 1.29 is 13.6 Å². The maximum absolute atomic E-state index is 13.3. The molecule has 2 heterocycles. The molecule has 1 aromatic heterocycles. The third-order valence-corrected chi connectivity index (χ3v) is 5.08. The number of halogens is 1. The fourth-order valence-corrected chi connectivity index (χ4v) is 3.66. The van der Waals surface area contributed by atoms with Crippen molar-refractivity contribution >= 4 is 22.6 Å². The van der Waals surface area contributed by atoms with Crippen molar-refractivity contribution in [1.82, 2.24) is 5.32 Å². The first-order chi connectivity index (χ1) is 12.6. The molecule has 4 rings (SSSR count). The van der Waals surface area contributed by atoms with Gasteiger partial charge in [0.15, 0.2) is 0 Å². The average Bonchev–Trinajstić information content (AvgIpc) is 2.92. The zero-order chi connectivity index (χ0) is 18.3. The lowest BCUT2D eigenvalue weighted by Gasteiger charge is -2.12. The molecule has 134 valence electrons. The summed E-state index contributed by atoms with van der Waals surface area (Å²) in [4.78, 5) is 12.6. The van der Waals surface area contributed by atoms with Crippen LogP contribution >= 0.6 is 0 Å². The van der Waals surface area contributed by atoms with Crippen LogP contribution in [-0.2, 0) is 0 Å². The van der Waals surface area contributed by atoms with Crippen molar-refractivity contribution in [2.24, 2.45) is 0 Å². The molecule has 0 saturated heterocycles. The maximum atomic E-state index is 13.3. The Bertz CT molecular complexity index is 976. The van der Waals surface area contributed by atoms with E-state index in [1.807, 2.05) is 6.07 Å². The number of fused-ring (bicyclic) bond motifs is 2. The van der Waals surface area contributed by atoms with Gasteiger partial charge in [0.25, 0.3) is 5.91 Å². The Balaban J connectivity index is 1.98. The van der Waals surface area contributed by atoms with Gasteiger partial charge in [-0.25, -0.2) is 4.39 Å². The second-order valence-electron chi connectivity index (χ2n) is 6.80. The molecule has 0 radical (unpaired) electrons. The molecular formula is C21H21FN2O2. The number of hydrogen-bond acceptors (Lipinski definition) is 3. The van der Waals surface area contributed by atoms with E-state index in [1.165, 1.54) is 17.7 Å². The molecule has 2 N–H and O–H groups in total. The molecule has 0 bridgehead atoms. The number of nitrogens with one attached hydrogen (secondary N) is 2. The van der Waals surface area contributed by atoms with Crippen LogP contribution in [0.4, 0.5) is 10.1 Å². The summed E-state index contributed by atoms with van der Waals surface area (Å²) in [6.07, 6.45) is 2.21. The van der Waals surface area contributed by atoms with Crippen LogP contribution in [0.3, 0.4) is 0 Å². The van der Waals surface area contributed by atoms with E-state index in [-0.39, 0.29) is 11.7 Å². The van der Waals surface area contributed by atoms with E-state index in [0.717, 1.165) is 30.5 Å². The molecule has 3 aromatic rings. The summed E-state index contributed by atoms with van der Waals surface area (Å²) < 4.78 is 19.4. The fourth-order valence-electron chi connectivity index (χ4n) is 3.66. The lowest BCUT2D eigenvalue weighted by molar-refractivity contribution is 0.0964. The van der Waals surface area contributed by atoms with E-state index in [0.29, 0.717) is 28.4 Å². The summed E-state index contributed by atoms with van der Waals surface area (Å²) >= 11 is 0. The Kier molecular flexibility index (Phi) is 4.15. The molecule has 1 amide bonds. The lowest BCUT2D eigenvalue weighted by atomic mass is 9.93. The molecule has 0 aliphatic carbocycles. The van der Waals surface area contributed by atoms with Gasteiger partial charge in [-0.2, -0.15) is 0 Å². The SMILES string of the molecule is CNC(=O)c1c(-c2ccc(F)cc2)oc2cc3c(cc12)C(C)CCCN3. The van der Waals surface area contributed by atoms with Crippen molar-refractivity contribution in [3.05, 3.63) is 53.3 Å². The van der Waals surface area contributed by atoms with Crippen molar-refractivity contribution in [3.63, 3.8) is 0 Å². The van der Waals surface area contributed by atoms with Crippen LogP contribution in [0, 0.1) is 5.82 Å². The first kappa shape index (κ1) is 16.6. The third-order valence-electron chi connectivity index (χ3n) is 5.08. The molecule has 1 unspecified atom stereocenters. The Labute approximate surface area is 151 Å². The van der Waals surface area contributed by atoms with Gasteiger partial charge in [0, 0.05) is 36.3 Å². The van der Waals surface area contributed by atoms with E-state index in [2.05, 4.69) is 23.6 Å². The number of carbonyl (C=O) groups excluding carboxylic acids is 1. The maximum Gasteiger partial charge on any atom is 0.255 e. The minimum atomic E-state index is -0.323. The first-order valence-corrected chi connectivity index (χ1v) is 8.91. The van der Waals surface area contributed by atoms with Gasteiger partial charge < -0.3 is 15.1 Å². The van der Waals surface area contributed by atoms with Gasteiger partial charge in [0.05, 0.1) is 5.56 Å². The quantitative estimate of drug-likeness (QED) is 0.689. The molecule has 2 aromatic carbocycles. The Morgan fingerprint density at radius 2 is 2.04 bits per heavy atom. The standard InChI is InChI=1S/C21H21FN2O2/c1-12-4-3-9-24-17-11-18-16(10-15(12)17)19(21(25)23-2)20(26-18)13-5-7-14(22)8-6-13/h5-8,10-12,24H,3-4,9H2,1-2H3,(H,23,25). The normalized spacial score (nSPS) is 16.7. The molecular weight excluding hydrogens is 331 g/mol. The van der Waals surface area contributed by atoms with E-state index in [9.17, 15) is 9.18 Å². The largest absolute Gasteiger partial charge is 0.455 e. The highest BCUT2D eigenvalue weighted by molar-refractivity contribution is 6.11. The van der Waals surface area contributed by atoms with Gasteiger partial charge >= 0.3 is 0 Å². The molecule has 5 heteroatoms. The minimum Gasteiger partial charge on any atom is -0.455 e. The fraction of sp³-hybridized carbons (Fsp3) is 0.286. The lowest BCUT2D eigenvalue weighted by Crippen LogP contribution is -2.18. The predicted molar refractivity (Wildman–Crippen MR) is 101 cm³/mol. The Morgan fingerprint density at radius 3 is 2.77 bits per heavy atom. The first-order valence-electron chi connectivity index (χ1n) is 8.91. The van der Waals surface area contributed by atoms with Crippen molar-refractivity contribution in [2.45, 2.75) is 25.7 Å². The van der Waals surface area contributed by atoms with Gasteiger partial charge in [-0.3, -0.25) is 4.79 Å². The number of hydrogen-bond donors (Lipinski definition) is 2. The van der Waals surface area contributed by atoms with E-state index in [4.69, 9.17) is 4.42 Å². The summed E-state index contributed by atoms with van der Waals surface area (Å²) in [5, 5.41) is 6.94. The minimum absolute atomic E-state index is 0.211. The molecule has 0 fully saturated rings. The number of furan rings is 1. The summed E-state index contributed by atoms with van der Waals surface area (Å²) in [5.41, 5.74) is 4.09. The van der Waals surface area contributed by atoms with Crippen LogP contribution in [0.1, 0.15) is 41.6 Å². The van der Waals surface area contributed by atoms with Crippen LogP contribution in [0.5, 0.6) is 0 Å². The highest BCUT2D eigenvalue weighted by Crippen LogP contribution is 2.40. The second kappa shape index (κ2) is 6.48. The monoisotopic (exact) mass is 352 g/mol. The highest BCUT2D eigenvalue weighted by atomic mass is 19.1. The summed E-state index contributed by atoms with van der Waals surface area (Å²) in [5.74, 6) is 0.339. The van der Waals surface area contributed by atoms with E-state index in [1.54, 1.807) is 19.2 Å². The molecule has 1 aliphatic heterocycles. The van der Waals surface area contributed by atoms with Crippen LogP contribution in [0.25, 0.3) is 22.3 Å². The van der Waals surface area contributed by atoms with Gasteiger partial charge in [-0.05, 0) is 54.7 Å². The summed E-state index contributed by atoms with van der Waals surface area (Å²) in [6.45, 7) is 3.13. The molecule has 1 atom stereocenters. The number of carbonyl (C=O) groups is 1.